The number of aromatic nitrogens is 4. The summed E-state index contributed by atoms with van der Waals surface area (Å²) in [5.41, 5.74) is 3.17. The molecule has 1 saturated heterocycles. The zero-order valence-electron chi connectivity index (χ0n) is 19.9. The van der Waals surface area contributed by atoms with Gasteiger partial charge in [0, 0.05) is 70.2 Å². The van der Waals surface area contributed by atoms with E-state index in [0.29, 0.717) is 18.9 Å². The first kappa shape index (κ1) is 22.8. The van der Waals surface area contributed by atoms with Crippen LogP contribution in [0.1, 0.15) is 36.7 Å². The molecule has 4 rings (SSSR count). The third-order valence-electron chi connectivity index (χ3n) is 6.33. The van der Waals surface area contributed by atoms with Gasteiger partial charge in [-0.2, -0.15) is 0 Å². The second-order valence-corrected chi connectivity index (χ2v) is 8.66. The number of benzene rings is 1. The van der Waals surface area contributed by atoms with Crippen LogP contribution in [0.5, 0.6) is 5.75 Å². The van der Waals surface area contributed by atoms with E-state index in [0.717, 1.165) is 54.3 Å². The predicted octanol–water partition coefficient (Wildman–Crippen LogP) is 3.52. The summed E-state index contributed by atoms with van der Waals surface area (Å²) in [4.78, 5) is 30.4. The zero-order valence-corrected chi connectivity index (χ0v) is 19.9. The Balaban J connectivity index is 1.47. The van der Waals surface area contributed by atoms with Crippen molar-refractivity contribution in [2.24, 2.45) is 0 Å². The molecule has 0 N–H and O–H groups in total. The molecular weight excluding hydrogens is 416 g/mol. The van der Waals surface area contributed by atoms with Crippen LogP contribution in [0.2, 0.25) is 0 Å². The Morgan fingerprint density at radius 1 is 1.15 bits per heavy atom. The van der Waals surface area contributed by atoms with Crippen LogP contribution in [0.3, 0.4) is 0 Å². The average Bonchev–Trinajstić information content (AvgIpc) is 3.26. The molecule has 1 aromatic carbocycles. The fraction of sp³-hybridized carbons (Fsp3) is 0.440. The Labute approximate surface area is 195 Å². The SMILES string of the molecule is COc1ccc(-c2cnc(N(C)C)nc2C2CCN(C(=O)CCn3ccnc3C)CC2)cc1. The summed E-state index contributed by atoms with van der Waals surface area (Å²) >= 11 is 0. The van der Waals surface area contributed by atoms with E-state index in [1.54, 1.807) is 13.3 Å². The molecule has 1 aliphatic heterocycles. The molecule has 8 nitrogen and oxygen atoms in total. The molecule has 0 bridgehead atoms. The molecule has 0 saturated carbocycles. The van der Waals surface area contributed by atoms with Crippen LogP contribution in [-0.2, 0) is 11.3 Å². The second kappa shape index (κ2) is 10.0. The van der Waals surface area contributed by atoms with E-state index < -0.39 is 0 Å². The van der Waals surface area contributed by atoms with Crippen LogP contribution in [-0.4, -0.2) is 64.6 Å². The van der Waals surface area contributed by atoms with Gasteiger partial charge in [0.05, 0.1) is 12.8 Å². The number of nitrogens with zero attached hydrogens (tertiary/aromatic N) is 6. The lowest BCUT2D eigenvalue weighted by molar-refractivity contribution is -0.132. The highest BCUT2D eigenvalue weighted by molar-refractivity contribution is 5.76. The molecule has 1 fully saturated rings. The van der Waals surface area contributed by atoms with Crippen molar-refractivity contribution in [2.75, 3.05) is 39.2 Å². The molecule has 1 amide bonds. The maximum atomic E-state index is 12.8. The summed E-state index contributed by atoms with van der Waals surface area (Å²) in [5.74, 6) is 2.95. The molecule has 0 atom stereocenters. The van der Waals surface area contributed by atoms with Crippen LogP contribution in [0, 0.1) is 6.92 Å². The molecule has 3 heterocycles. The van der Waals surface area contributed by atoms with Crippen molar-refractivity contribution in [1.82, 2.24) is 24.4 Å². The van der Waals surface area contributed by atoms with E-state index in [2.05, 4.69) is 9.97 Å². The number of carbonyl (C=O) groups is 1. The van der Waals surface area contributed by atoms with Gasteiger partial charge in [0.15, 0.2) is 0 Å². The first-order valence-electron chi connectivity index (χ1n) is 11.4. The standard InChI is InChI=1S/C25H32N6O2/c1-18-26-12-16-30(18)15-11-23(32)31-13-9-20(10-14-31)24-22(17-27-25(28-24)29(2)3)19-5-7-21(33-4)8-6-19/h5-8,12,16-17,20H,9-11,13-15H2,1-4H3. The van der Waals surface area contributed by atoms with Gasteiger partial charge in [-0.3, -0.25) is 4.79 Å². The van der Waals surface area contributed by atoms with Gasteiger partial charge in [0.2, 0.25) is 11.9 Å². The summed E-state index contributed by atoms with van der Waals surface area (Å²) in [7, 11) is 5.58. The lowest BCUT2D eigenvalue weighted by Crippen LogP contribution is -2.38. The average molecular weight is 449 g/mol. The van der Waals surface area contributed by atoms with Gasteiger partial charge in [-0.05, 0) is 37.5 Å². The van der Waals surface area contributed by atoms with Crippen molar-refractivity contribution >= 4 is 11.9 Å². The minimum absolute atomic E-state index is 0.202. The van der Waals surface area contributed by atoms with Crippen molar-refractivity contribution in [2.45, 2.75) is 38.6 Å². The van der Waals surface area contributed by atoms with Crippen molar-refractivity contribution < 1.29 is 9.53 Å². The number of likely N-dealkylation sites (tertiary alicyclic amines) is 1. The van der Waals surface area contributed by atoms with E-state index in [9.17, 15) is 4.79 Å². The topological polar surface area (TPSA) is 76.4 Å². The van der Waals surface area contributed by atoms with E-state index in [4.69, 9.17) is 9.72 Å². The first-order chi connectivity index (χ1) is 16.0. The summed E-state index contributed by atoms with van der Waals surface area (Å²) < 4.78 is 7.33. The highest BCUT2D eigenvalue weighted by atomic mass is 16.5. The fourth-order valence-electron chi connectivity index (χ4n) is 4.32. The molecule has 0 radical (unpaired) electrons. The largest absolute Gasteiger partial charge is 0.497 e. The van der Waals surface area contributed by atoms with Crippen LogP contribution >= 0.6 is 0 Å². The number of carbonyl (C=O) groups excluding carboxylic acids is 1. The molecule has 8 heteroatoms. The molecule has 174 valence electrons. The van der Waals surface area contributed by atoms with Gasteiger partial charge in [0.25, 0.3) is 0 Å². The predicted molar refractivity (Wildman–Crippen MR) is 128 cm³/mol. The van der Waals surface area contributed by atoms with Gasteiger partial charge < -0.3 is 19.1 Å². The first-order valence-corrected chi connectivity index (χ1v) is 11.4. The molecule has 0 unspecified atom stereocenters. The highest BCUT2D eigenvalue weighted by Crippen LogP contribution is 2.35. The Hall–Kier alpha value is -3.42. The summed E-state index contributed by atoms with van der Waals surface area (Å²) in [6, 6.07) is 8.02. The number of aryl methyl sites for hydroxylation is 2. The number of hydrogen-bond donors (Lipinski definition) is 0. The van der Waals surface area contributed by atoms with Crippen molar-refractivity contribution in [1.29, 1.82) is 0 Å². The van der Waals surface area contributed by atoms with Crippen molar-refractivity contribution in [3.8, 4) is 16.9 Å². The quantitative estimate of drug-likeness (QED) is 0.551. The number of methoxy groups -OCH3 is 1. The maximum Gasteiger partial charge on any atom is 0.225 e. The van der Waals surface area contributed by atoms with Crippen LogP contribution < -0.4 is 9.64 Å². The van der Waals surface area contributed by atoms with Crippen LogP contribution in [0.15, 0.2) is 42.9 Å². The number of rotatable bonds is 7. The number of hydrogen-bond acceptors (Lipinski definition) is 6. The van der Waals surface area contributed by atoms with Crippen molar-refractivity contribution in [3.63, 3.8) is 0 Å². The number of piperidine rings is 1. The second-order valence-electron chi connectivity index (χ2n) is 8.66. The van der Waals surface area contributed by atoms with Crippen LogP contribution in [0.25, 0.3) is 11.1 Å². The molecule has 3 aromatic rings. The monoisotopic (exact) mass is 448 g/mol. The smallest absolute Gasteiger partial charge is 0.225 e. The molecule has 1 aliphatic rings. The molecular formula is C25H32N6O2. The third-order valence-corrected chi connectivity index (χ3v) is 6.33. The summed E-state index contributed by atoms with van der Waals surface area (Å²) in [6.07, 6.45) is 7.90. The number of imidazole rings is 1. The van der Waals surface area contributed by atoms with Gasteiger partial charge in [-0.15, -0.1) is 0 Å². The van der Waals surface area contributed by atoms with Gasteiger partial charge in [-0.1, -0.05) is 12.1 Å². The molecule has 0 spiro atoms. The van der Waals surface area contributed by atoms with Gasteiger partial charge in [-0.25, -0.2) is 15.0 Å². The number of amides is 1. The lowest BCUT2D eigenvalue weighted by atomic mass is 9.88. The summed E-state index contributed by atoms with van der Waals surface area (Å²) in [6.45, 7) is 4.12. The zero-order chi connectivity index (χ0) is 23.4. The Morgan fingerprint density at radius 3 is 2.48 bits per heavy atom. The Kier molecular flexibility index (Phi) is 6.91. The minimum Gasteiger partial charge on any atom is -0.497 e. The molecule has 0 aliphatic carbocycles. The van der Waals surface area contributed by atoms with Crippen LogP contribution in [0.4, 0.5) is 5.95 Å². The molecule has 2 aromatic heterocycles. The summed E-state index contributed by atoms with van der Waals surface area (Å²) in [5, 5.41) is 0. The van der Waals surface area contributed by atoms with Crippen molar-refractivity contribution in [3.05, 3.63) is 54.4 Å². The van der Waals surface area contributed by atoms with E-state index in [1.807, 2.05) is 72.0 Å². The molecule has 33 heavy (non-hydrogen) atoms. The van der Waals surface area contributed by atoms with Gasteiger partial charge in [0.1, 0.15) is 11.6 Å². The number of anilines is 1. The number of ether oxygens (including phenoxy) is 1. The third kappa shape index (κ3) is 5.16. The normalized spacial score (nSPS) is 14.4. The van der Waals surface area contributed by atoms with E-state index >= 15 is 0 Å². The lowest BCUT2D eigenvalue weighted by Gasteiger charge is -2.33. The Morgan fingerprint density at radius 2 is 1.88 bits per heavy atom. The Bertz CT molecular complexity index is 1080. The maximum absolute atomic E-state index is 12.8. The highest BCUT2D eigenvalue weighted by Gasteiger charge is 2.27. The fourth-order valence-corrected chi connectivity index (χ4v) is 4.32. The van der Waals surface area contributed by atoms with Gasteiger partial charge >= 0.3 is 0 Å². The van der Waals surface area contributed by atoms with E-state index in [1.165, 1.54) is 0 Å². The minimum atomic E-state index is 0.202. The van der Waals surface area contributed by atoms with E-state index in [-0.39, 0.29) is 11.8 Å².